The number of nitrogens with zero attached hydrogens (tertiary/aromatic N) is 2. The second kappa shape index (κ2) is 11.4. The van der Waals surface area contributed by atoms with Gasteiger partial charge in [0.1, 0.15) is 0 Å². The maximum Gasteiger partial charge on any atom is 0.267 e. The molecule has 1 aliphatic carbocycles. The van der Waals surface area contributed by atoms with Gasteiger partial charge in [0.2, 0.25) is 0 Å². The molecule has 4 rings (SSSR count). The number of nitrogens with two attached hydrogens (primary N) is 1. The molecule has 2 N–H and O–H groups in total. The molecule has 2 aromatic rings. The van der Waals surface area contributed by atoms with Crippen molar-refractivity contribution in [2.75, 3.05) is 13.2 Å². The summed E-state index contributed by atoms with van der Waals surface area (Å²) in [4.78, 5) is 32.0. The third-order valence-corrected chi connectivity index (χ3v) is 6.95. The Balaban J connectivity index is 1.65. The number of aliphatic imine (C=N–C) groups is 1. The second-order valence-corrected chi connectivity index (χ2v) is 9.71. The van der Waals surface area contributed by atoms with Crippen molar-refractivity contribution >= 4 is 40.5 Å². The van der Waals surface area contributed by atoms with Gasteiger partial charge in [-0.3, -0.25) is 14.5 Å². The fourth-order valence-electron chi connectivity index (χ4n) is 4.26. The molecule has 1 saturated carbocycles. The van der Waals surface area contributed by atoms with Crippen LogP contribution in [0.25, 0.3) is 6.08 Å². The van der Waals surface area contributed by atoms with Crippen LogP contribution in [0, 0.1) is 6.92 Å². The summed E-state index contributed by atoms with van der Waals surface area (Å²) in [7, 11) is 0. The van der Waals surface area contributed by atoms with Crippen molar-refractivity contribution in [2.24, 2.45) is 10.7 Å². The number of carbonyl (C=O) groups excluding carboxylic acids is 2. The van der Waals surface area contributed by atoms with Crippen molar-refractivity contribution in [3.05, 3.63) is 58.5 Å². The lowest BCUT2D eigenvalue weighted by Crippen LogP contribution is -2.40. The first kappa shape index (κ1) is 24.9. The molecular weight excluding hydrogens is 462 g/mol. The topological polar surface area (TPSA) is 94.2 Å². The van der Waals surface area contributed by atoms with E-state index in [1.54, 1.807) is 12.1 Å². The molecule has 0 spiro atoms. The smallest absolute Gasteiger partial charge is 0.267 e. The Bertz CT molecular complexity index is 1140. The zero-order valence-electron chi connectivity index (χ0n) is 20.2. The number of thioether (sulfide) groups is 1. The van der Waals surface area contributed by atoms with Crippen LogP contribution in [0.3, 0.4) is 0 Å². The second-order valence-electron chi connectivity index (χ2n) is 8.70. The van der Waals surface area contributed by atoms with Crippen LogP contribution in [-0.2, 0) is 9.59 Å². The highest BCUT2D eigenvalue weighted by molar-refractivity contribution is 8.18. The standard InChI is InChI=1S/C27H31N3O4S/c1-3-33-23-15-19(11-14-22(23)34-17-25(28)31)16-24-26(32)30(21-7-5-4-6-8-21)27(35-24)29-20-12-9-18(2)10-13-20/h9-16,21H,3-8,17H2,1-2H3,(H2,28,31)/b24-16+,29-27?. The first-order valence-electron chi connectivity index (χ1n) is 12.0. The molecule has 2 aromatic carbocycles. The highest BCUT2D eigenvalue weighted by atomic mass is 32.2. The average molecular weight is 494 g/mol. The van der Waals surface area contributed by atoms with Crippen molar-refractivity contribution in [1.29, 1.82) is 0 Å². The number of amides is 2. The Kier molecular flexibility index (Phi) is 8.13. The number of carbonyl (C=O) groups is 2. The minimum atomic E-state index is -0.560. The minimum Gasteiger partial charge on any atom is -0.490 e. The Hall–Kier alpha value is -3.26. The molecule has 184 valence electrons. The fraction of sp³-hybridized carbons (Fsp3) is 0.370. The first-order valence-corrected chi connectivity index (χ1v) is 12.8. The van der Waals surface area contributed by atoms with Gasteiger partial charge in [-0.25, -0.2) is 4.99 Å². The summed E-state index contributed by atoms with van der Waals surface area (Å²) in [5.74, 6) is 0.356. The van der Waals surface area contributed by atoms with E-state index in [1.807, 2.05) is 55.2 Å². The molecule has 1 heterocycles. The Labute approximate surface area is 210 Å². The number of hydrogen-bond acceptors (Lipinski definition) is 6. The average Bonchev–Trinajstić information content (AvgIpc) is 3.15. The van der Waals surface area contributed by atoms with E-state index in [4.69, 9.17) is 20.2 Å². The normalized spacial score (nSPS) is 18.9. The molecular formula is C27H31N3O4S. The van der Waals surface area contributed by atoms with Gasteiger partial charge in [0, 0.05) is 6.04 Å². The van der Waals surface area contributed by atoms with E-state index in [2.05, 4.69) is 0 Å². The summed E-state index contributed by atoms with van der Waals surface area (Å²) in [6.07, 6.45) is 7.31. The first-order chi connectivity index (χ1) is 16.9. The summed E-state index contributed by atoms with van der Waals surface area (Å²) in [5.41, 5.74) is 8.00. The van der Waals surface area contributed by atoms with E-state index in [1.165, 1.54) is 23.7 Å². The van der Waals surface area contributed by atoms with E-state index >= 15 is 0 Å². The molecule has 2 fully saturated rings. The van der Waals surface area contributed by atoms with Gasteiger partial charge < -0.3 is 15.2 Å². The lowest BCUT2D eigenvalue weighted by Gasteiger charge is -2.30. The lowest BCUT2D eigenvalue weighted by atomic mass is 9.94. The molecule has 0 radical (unpaired) electrons. The molecule has 0 unspecified atom stereocenters. The molecule has 0 aromatic heterocycles. The van der Waals surface area contributed by atoms with Crippen LogP contribution in [0.15, 0.2) is 52.4 Å². The van der Waals surface area contributed by atoms with Crippen LogP contribution in [0.2, 0.25) is 0 Å². The van der Waals surface area contributed by atoms with Gasteiger partial charge in [-0.15, -0.1) is 0 Å². The third-order valence-electron chi connectivity index (χ3n) is 5.97. The number of benzene rings is 2. The van der Waals surface area contributed by atoms with E-state index in [0.29, 0.717) is 23.0 Å². The van der Waals surface area contributed by atoms with Crippen molar-refractivity contribution in [2.45, 2.75) is 52.0 Å². The minimum absolute atomic E-state index is 0.0141. The van der Waals surface area contributed by atoms with Crippen LogP contribution < -0.4 is 15.2 Å². The van der Waals surface area contributed by atoms with Gasteiger partial charge in [-0.1, -0.05) is 43.0 Å². The van der Waals surface area contributed by atoms with Crippen LogP contribution in [0.4, 0.5) is 5.69 Å². The molecule has 0 atom stereocenters. The largest absolute Gasteiger partial charge is 0.490 e. The van der Waals surface area contributed by atoms with Crippen LogP contribution in [0.1, 0.15) is 50.2 Å². The van der Waals surface area contributed by atoms with Gasteiger partial charge in [0.25, 0.3) is 11.8 Å². The zero-order chi connectivity index (χ0) is 24.8. The quantitative estimate of drug-likeness (QED) is 0.511. The number of hydrogen-bond donors (Lipinski definition) is 1. The summed E-state index contributed by atoms with van der Waals surface area (Å²) in [5, 5.41) is 0.725. The summed E-state index contributed by atoms with van der Waals surface area (Å²) < 4.78 is 11.2. The molecule has 2 aliphatic rings. The molecule has 1 saturated heterocycles. The van der Waals surface area contributed by atoms with E-state index in [-0.39, 0.29) is 18.6 Å². The molecule has 2 amide bonds. The highest BCUT2D eigenvalue weighted by Crippen LogP contribution is 2.39. The van der Waals surface area contributed by atoms with Gasteiger partial charge in [0.15, 0.2) is 23.3 Å². The fourth-order valence-corrected chi connectivity index (χ4v) is 5.32. The number of aryl methyl sites for hydroxylation is 1. The maximum absolute atomic E-state index is 13.6. The van der Waals surface area contributed by atoms with Crippen LogP contribution in [-0.4, -0.2) is 41.1 Å². The van der Waals surface area contributed by atoms with Crippen LogP contribution >= 0.6 is 11.8 Å². The van der Waals surface area contributed by atoms with E-state index < -0.39 is 5.91 Å². The summed E-state index contributed by atoms with van der Waals surface area (Å²) >= 11 is 1.41. The van der Waals surface area contributed by atoms with E-state index in [9.17, 15) is 9.59 Å². The summed E-state index contributed by atoms with van der Waals surface area (Å²) in [6, 6.07) is 13.5. The van der Waals surface area contributed by atoms with Gasteiger partial charge in [-0.05, 0) is 74.4 Å². The number of ether oxygens (including phenoxy) is 2. The highest BCUT2D eigenvalue weighted by Gasteiger charge is 2.38. The Morgan fingerprint density at radius 1 is 1.11 bits per heavy atom. The van der Waals surface area contributed by atoms with Crippen LogP contribution in [0.5, 0.6) is 11.5 Å². The lowest BCUT2D eigenvalue weighted by molar-refractivity contribution is -0.124. The number of rotatable bonds is 8. The van der Waals surface area contributed by atoms with Crippen molar-refractivity contribution in [3.63, 3.8) is 0 Å². The van der Waals surface area contributed by atoms with Gasteiger partial charge in [0.05, 0.1) is 17.2 Å². The third kappa shape index (κ3) is 6.25. The molecule has 8 heteroatoms. The molecule has 0 bridgehead atoms. The Morgan fingerprint density at radius 3 is 2.54 bits per heavy atom. The SMILES string of the molecule is CCOc1cc(/C=C2/SC(=Nc3ccc(C)cc3)N(C3CCCCC3)C2=O)ccc1OCC(N)=O. The van der Waals surface area contributed by atoms with Gasteiger partial charge in [-0.2, -0.15) is 0 Å². The Morgan fingerprint density at radius 2 is 1.86 bits per heavy atom. The monoisotopic (exact) mass is 493 g/mol. The maximum atomic E-state index is 13.6. The van der Waals surface area contributed by atoms with Crippen molar-refractivity contribution < 1.29 is 19.1 Å². The zero-order valence-corrected chi connectivity index (χ0v) is 21.0. The molecule has 35 heavy (non-hydrogen) atoms. The number of primary amides is 1. The van der Waals surface area contributed by atoms with Crippen molar-refractivity contribution in [1.82, 2.24) is 4.90 Å². The van der Waals surface area contributed by atoms with Crippen molar-refractivity contribution in [3.8, 4) is 11.5 Å². The predicted molar refractivity (Wildman–Crippen MR) is 140 cm³/mol. The van der Waals surface area contributed by atoms with Gasteiger partial charge >= 0.3 is 0 Å². The number of amidine groups is 1. The summed E-state index contributed by atoms with van der Waals surface area (Å²) in [6.45, 7) is 4.11. The molecule has 7 nitrogen and oxygen atoms in total. The molecule has 1 aliphatic heterocycles. The predicted octanol–water partition coefficient (Wildman–Crippen LogP) is 5.19. The van der Waals surface area contributed by atoms with E-state index in [0.717, 1.165) is 42.1 Å².